The number of nitrogens with one attached hydrogen (secondary N) is 1. The van der Waals surface area contributed by atoms with Gasteiger partial charge in [-0.25, -0.2) is 4.98 Å². The standard InChI is InChI=1S/C8H7N3O/c1-2-12-8-7(1)10-4-6-3-9-5-11(6)8/h1-3,5,10H,4H2. The number of rotatable bonds is 0. The molecule has 0 spiro atoms. The molecule has 0 atom stereocenters. The van der Waals surface area contributed by atoms with Crippen LogP contribution in [0.3, 0.4) is 0 Å². The Morgan fingerprint density at radius 1 is 1.58 bits per heavy atom. The minimum atomic E-state index is 0.812. The lowest BCUT2D eigenvalue weighted by atomic mass is 10.3. The van der Waals surface area contributed by atoms with Crippen LogP contribution in [0.5, 0.6) is 0 Å². The van der Waals surface area contributed by atoms with Gasteiger partial charge in [0.2, 0.25) is 5.88 Å². The normalized spacial score (nSPS) is 13.3. The first kappa shape index (κ1) is 5.88. The van der Waals surface area contributed by atoms with E-state index in [1.54, 1.807) is 12.6 Å². The van der Waals surface area contributed by atoms with Crippen LogP contribution in [0, 0.1) is 0 Å². The quantitative estimate of drug-likeness (QED) is 0.634. The van der Waals surface area contributed by atoms with Gasteiger partial charge in [0.15, 0.2) is 0 Å². The van der Waals surface area contributed by atoms with Gasteiger partial charge in [-0.2, -0.15) is 0 Å². The van der Waals surface area contributed by atoms with E-state index in [9.17, 15) is 0 Å². The summed E-state index contributed by atoms with van der Waals surface area (Å²) in [6.45, 7) is 0.812. The Morgan fingerprint density at radius 2 is 2.58 bits per heavy atom. The lowest BCUT2D eigenvalue weighted by Gasteiger charge is -2.14. The molecule has 0 saturated carbocycles. The van der Waals surface area contributed by atoms with E-state index in [1.807, 2.05) is 16.8 Å². The Hall–Kier alpha value is -1.71. The van der Waals surface area contributed by atoms with Gasteiger partial charge in [0.05, 0.1) is 30.4 Å². The van der Waals surface area contributed by atoms with Crippen LogP contribution >= 0.6 is 0 Å². The zero-order valence-electron chi connectivity index (χ0n) is 6.32. The maximum Gasteiger partial charge on any atom is 0.228 e. The maximum atomic E-state index is 5.30. The molecule has 4 nitrogen and oxygen atoms in total. The zero-order chi connectivity index (χ0) is 7.97. The highest BCUT2D eigenvalue weighted by Crippen LogP contribution is 2.27. The molecule has 0 saturated heterocycles. The summed E-state index contributed by atoms with van der Waals surface area (Å²) in [6, 6.07) is 1.91. The van der Waals surface area contributed by atoms with Crippen molar-refractivity contribution in [2.45, 2.75) is 6.54 Å². The third kappa shape index (κ3) is 0.592. The second-order valence-electron chi connectivity index (χ2n) is 2.75. The molecule has 60 valence electrons. The molecular weight excluding hydrogens is 154 g/mol. The summed E-state index contributed by atoms with van der Waals surface area (Å²) in [6.07, 6.45) is 5.27. The van der Waals surface area contributed by atoms with Crippen molar-refractivity contribution >= 4 is 5.69 Å². The van der Waals surface area contributed by atoms with E-state index in [2.05, 4.69) is 10.3 Å². The fourth-order valence-corrected chi connectivity index (χ4v) is 1.44. The summed E-state index contributed by atoms with van der Waals surface area (Å²) in [4.78, 5) is 4.05. The monoisotopic (exact) mass is 161 g/mol. The smallest absolute Gasteiger partial charge is 0.228 e. The molecule has 2 aromatic heterocycles. The second kappa shape index (κ2) is 1.91. The summed E-state index contributed by atoms with van der Waals surface area (Å²) in [5.74, 6) is 0.828. The number of imidazole rings is 1. The van der Waals surface area contributed by atoms with Crippen LogP contribution in [-0.4, -0.2) is 9.55 Å². The van der Waals surface area contributed by atoms with Crippen molar-refractivity contribution in [1.29, 1.82) is 0 Å². The Balaban J connectivity index is 2.32. The molecule has 0 aromatic carbocycles. The van der Waals surface area contributed by atoms with Crippen molar-refractivity contribution in [3.63, 3.8) is 0 Å². The predicted molar refractivity (Wildman–Crippen MR) is 43.2 cm³/mol. The van der Waals surface area contributed by atoms with Gasteiger partial charge in [-0.05, 0) is 0 Å². The SMILES string of the molecule is c1cc2c(o1)-n1cncc1CN2. The van der Waals surface area contributed by atoms with Crippen molar-refractivity contribution in [2.75, 3.05) is 5.32 Å². The van der Waals surface area contributed by atoms with E-state index in [-0.39, 0.29) is 0 Å². The molecule has 0 radical (unpaired) electrons. The number of nitrogens with zero attached hydrogens (tertiary/aromatic N) is 2. The number of hydrogen-bond donors (Lipinski definition) is 1. The molecule has 1 aliphatic rings. The molecule has 1 aliphatic heterocycles. The predicted octanol–water partition coefficient (Wildman–Crippen LogP) is 1.39. The van der Waals surface area contributed by atoms with Gasteiger partial charge >= 0.3 is 0 Å². The minimum Gasteiger partial charge on any atom is -0.446 e. The molecule has 0 fully saturated rings. The number of anilines is 1. The molecule has 4 heteroatoms. The first-order valence-corrected chi connectivity index (χ1v) is 3.78. The molecule has 1 N–H and O–H groups in total. The third-order valence-corrected chi connectivity index (χ3v) is 2.04. The van der Waals surface area contributed by atoms with Crippen molar-refractivity contribution in [1.82, 2.24) is 9.55 Å². The van der Waals surface area contributed by atoms with E-state index in [0.717, 1.165) is 23.8 Å². The van der Waals surface area contributed by atoms with Gasteiger partial charge in [-0.1, -0.05) is 0 Å². The van der Waals surface area contributed by atoms with Crippen molar-refractivity contribution in [3.8, 4) is 5.88 Å². The Bertz CT molecular complexity index is 375. The Kier molecular flexibility index (Phi) is 0.935. The molecule has 0 bridgehead atoms. The molecular formula is C8H7N3O. The largest absolute Gasteiger partial charge is 0.446 e. The van der Waals surface area contributed by atoms with Gasteiger partial charge < -0.3 is 9.73 Å². The van der Waals surface area contributed by atoms with Gasteiger partial charge in [0, 0.05) is 6.07 Å². The summed E-state index contributed by atoms with van der Waals surface area (Å²) in [7, 11) is 0. The number of hydrogen-bond acceptors (Lipinski definition) is 3. The zero-order valence-corrected chi connectivity index (χ0v) is 6.32. The molecule has 12 heavy (non-hydrogen) atoms. The van der Waals surface area contributed by atoms with E-state index in [4.69, 9.17) is 4.42 Å². The van der Waals surface area contributed by atoms with Gasteiger partial charge in [-0.15, -0.1) is 0 Å². The van der Waals surface area contributed by atoms with Crippen molar-refractivity contribution in [3.05, 3.63) is 30.5 Å². The molecule has 3 heterocycles. The van der Waals surface area contributed by atoms with Crippen LogP contribution in [0.15, 0.2) is 29.3 Å². The van der Waals surface area contributed by atoms with Crippen molar-refractivity contribution in [2.24, 2.45) is 0 Å². The Morgan fingerprint density at radius 3 is 3.58 bits per heavy atom. The van der Waals surface area contributed by atoms with E-state index >= 15 is 0 Å². The molecule has 0 unspecified atom stereocenters. The molecule has 0 aliphatic carbocycles. The number of furan rings is 1. The van der Waals surface area contributed by atoms with Gasteiger partial charge in [-0.3, -0.25) is 4.57 Å². The van der Waals surface area contributed by atoms with Crippen LogP contribution in [0.4, 0.5) is 5.69 Å². The average molecular weight is 161 g/mol. The average Bonchev–Trinajstić information content (AvgIpc) is 2.71. The third-order valence-electron chi connectivity index (χ3n) is 2.04. The fraction of sp³-hybridized carbons (Fsp3) is 0.125. The van der Waals surface area contributed by atoms with Crippen molar-refractivity contribution < 1.29 is 4.42 Å². The summed E-state index contributed by atoms with van der Waals surface area (Å²) < 4.78 is 7.25. The van der Waals surface area contributed by atoms with Crippen LogP contribution in [-0.2, 0) is 6.54 Å². The molecule has 3 rings (SSSR count). The van der Waals surface area contributed by atoms with Gasteiger partial charge in [0.1, 0.15) is 6.33 Å². The topological polar surface area (TPSA) is 43.0 Å². The van der Waals surface area contributed by atoms with E-state index < -0.39 is 0 Å². The van der Waals surface area contributed by atoms with Crippen LogP contribution < -0.4 is 5.32 Å². The summed E-state index contributed by atoms with van der Waals surface area (Å²) >= 11 is 0. The molecule has 2 aromatic rings. The highest BCUT2D eigenvalue weighted by Gasteiger charge is 2.16. The summed E-state index contributed by atoms with van der Waals surface area (Å²) in [5.41, 5.74) is 2.15. The minimum absolute atomic E-state index is 0.812. The number of aromatic nitrogens is 2. The van der Waals surface area contributed by atoms with Crippen LogP contribution in [0.2, 0.25) is 0 Å². The first-order chi connectivity index (χ1) is 5.95. The highest BCUT2D eigenvalue weighted by atomic mass is 16.3. The first-order valence-electron chi connectivity index (χ1n) is 3.78. The van der Waals surface area contributed by atoms with Crippen LogP contribution in [0.25, 0.3) is 5.88 Å². The highest BCUT2D eigenvalue weighted by molar-refractivity contribution is 5.58. The van der Waals surface area contributed by atoms with Gasteiger partial charge in [0.25, 0.3) is 0 Å². The van der Waals surface area contributed by atoms with E-state index in [1.165, 1.54) is 0 Å². The lowest BCUT2D eigenvalue weighted by Crippen LogP contribution is -2.11. The number of fused-ring (bicyclic) bond motifs is 3. The summed E-state index contributed by atoms with van der Waals surface area (Å²) in [5, 5.41) is 3.23. The fourth-order valence-electron chi connectivity index (χ4n) is 1.44. The Labute approximate surface area is 68.8 Å². The lowest BCUT2D eigenvalue weighted by molar-refractivity contribution is 0.531. The maximum absolute atomic E-state index is 5.30. The second-order valence-corrected chi connectivity index (χ2v) is 2.75. The molecule has 0 amide bonds. The van der Waals surface area contributed by atoms with Crippen LogP contribution in [0.1, 0.15) is 5.69 Å². The van der Waals surface area contributed by atoms with E-state index in [0.29, 0.717) is 0 Å².